The summed E-state index contributed by atoms with van der Waals surface area (Å²) in [6.07, 6.45) is 5.79. The molecule has 2 heteroatoms. The highest BCUT2D eigenvalue weighted by atomic mass is 16.5. The van der Waals surface area contributed by atoms with Crippen LogP contribution in [-0.4, -0.2) is 24.6 Å². The fourth-order valence-corrected chi connectivity index (χ4v) is 3.55. The highest BCUT2D eigenvalue weighted by Gasteiger charge is 2.19. The molecule has 3 rings (SSSR count). The summed E-state index contributed by atoms with van der Waals surface area (Å²) in [5.41, 5.74) is 2.59. The lowest BCUT2D eigenvalue weighted by Gasteiger charge is -2.32. The molecule has 0 amide bonds. The molecule has 1 heterocycles. The van der Waals surface area contributed by atoms with Gasteiger partial charge >= 0.3 is 0 Å². The summed E-state index contributed by atoms with van der Waals surface area (Å²) >= 11 is 0. The molecule has 0 unspecified atom stereocenters. The topological polar surface area (TPSA) is 12.5 Å². The lowest BCUT2D eigenvalue weighted by molar-refractivity contribution is 0.152. The zero-order valence-electron chi connectivity index (χ0n) is 15.2. The summed E-state index contributed by atoms with van der Waals surface area (Å²) in [5.74, 6) is 1.79. The van der Waals surface area contributed by atoms with Crippen LogP contribution in [0.25, 0.3) is 5.76 Å². The fraction of sp³-hybridized carbons (Fsp3) is 0.391. The van der Waals surface area contributed by atoms with Gasteiger partial charge in [0.25, 0.3) is 0 Å². The molecule has 0 atom stereocenters. The van der Waals surface area contributed by atoms with Gasteiger partial charge < -0.3 is 4.74 Å². The number of allylic oxidation sites excluding steroid dienone is 1. The molecule has 0 saturated carbocycles. The highest BCUT2D eigenvalue weighted by Crippen LogP contribution is 2.23. The highest BCUT2D eigenvalue weighted by molar-refractivity contribution is 5.59. The largest absolute Gasteiger partial charge is 0.493 e. The van der Waals surface area contributed by atoms with Crippen LogP contribution in [-0.2, 0) is 11.3 Å². The minimum absolute atomic E-state index is 0.793. The fourth-order valence-electron chi connectivity index (χ4n) is 3.55. The Hall–Kier alpha value is -2.06. The van der Waals surface area contributed by atoms with E-state index in [1.807, 2.05) is 13.0 Å². The molecule has 2 aromatic carbocycles. The standard InChI is InChI=1S/C23H29NO/c1-2-23(22-11-7-4-8-12-22)25-18-15-20-13-16-24(17-14-20)19-21-9-5-3-6-10-21/h2-12,20H,13-19H2,1H3/b23-2+. The first-order chi connectivity index (χ1) is 12.3. The van der Waals surface area contributed by atoms with Crippen molar-refractivity contribution in [3.8, 4) is 0 Å². The van der Waals surface area contributed by atoms with Crippen molar-refractivity contribution in [1.29, 1.82) is 0 Å². The van der Waals surface area contributed by atoms with Gasteiger partial charge in [0.15, 0.2) is 0 Å². The van der Waals surface area contributed by atoms with Crippen molar-refractivity contribution in [2.45, 2.75) is 32.7 Å². The van der Waals surface area contributed by atoms with Crippen LogP contribution >= 0.6 is 0 Å². The van der Waals surface area contributed by atoms with Crippen LogP contribution in [0.2, 0.25) is 0 Å². The first-order valence-corrected chi connectivity index (χ1v) is 9.46. The first kappa shape index (κ1) is 17.8. The van der Waals surface area contributed by atoms with Crippen molar-refractivity contribution in [2.24, 2.45) is 5.92 Å². The van der Waals surface area contributed by atoms with Gasteiger partial charge in [-0.25, -0.2) is 0 Å². The first-order valence-electron chi connectivity index (χ1n) is 9.46. The smallest absolute Gasteiger partial charge is 0.122 e. The predicted molar refractivity (Wildman–Crippen MR) is 105 cm³/mol. The molecular formula is C23H29NO. The Morgan fingerprint density at radius 3 is 2.28 bits per heavy atom. The van der Waals surface area contributed by atoms with Crippen LogP contribution in [0.5, 0.6) is 0 Å². The zero-order chi connectivity index (χ0) is 17.3. The molecule has 25 heavy (non-hydrogen) atoms. The normalized spacial score (nSPS) is 16.8. The lowest BCUT2D eigenvalue weighted by atomic mass is 9.93. The quantitative estimate of drug-likeness (QED) is 0.631. The Morgan fingerprint density at radius 2 is 1.64 bits per heavy atom. The molecule has 1 aliphatic rings. The van der Waals surface area contributed by atoms with Crippen molar-refractivity contribution in [3.63, 3.8) is 0 Å². The molecule has 1 fully saturated rings. The number of benzene rings is 2. The molecule has 0 aromatic heterocycles. The Kier molecular flexibility index (Phi) is 6.70. The van der Waals surface area contributed by atoms with Crippen LogP contribution in [0.1, 0.15) is 37.3 Å². The van der Waals surface area contributed by atoms with Crippen LogP contribution < -0.4 is 0 Å². The number of hydrogen-bond donors (Lipinski definition) is 0. The van der Waals surface area contributed by atoms with Crippen LogP contribution in [0.3, 0.4) is 0 Å². The third kappa shape index (κ3) is 5.47. The minimum atomic E-state index is 0.793. The average Bonchev–Trinajstić information content (AvgIpc) is 2.68. The predicted octanol–water partition coefficient (Wildman–Crippen LogP) is 5.37. The van der Waals surface area contributed by atoms with Gasteiger partial charge in [0, 0.05) is 12.1 Å². The van der Waals surface area contributed by atoms with E-state index >= 15 is 0 Å². The summed E-state index contributed by atoms with van der Waals surface area (Å²) in [6, 6.07) is 21.2. The summed E-state index contributed by atoms with van der Waals surface area (Å²) in [5, 5.41) is 0. The summed E-state index contributed by atoms with van der Waals surface area (Å²) < 4.78 is 6.05. The van der Waals surface area contributed by atoms with Crippen molar-refractivity contribution in [3.05, 3.63) is 77.9 Å². The van der Waals surface area contributed by atoms with E-state index in [1.165, 1.54) is 37.1 Å². The summed E-state index contributed by atoms with van der Waals surface area (Å²) in [7, 11) is 0. The molecule has 0 N–H and O–H groups in total. The third-order valence-electron chi connectivity index (χ3n) is 5.06. The summed E-state index contributed by atoms with van der Waals surface area (Å²) in [4.78, 5) is 2.58. The Bertz CT molecular complexity index is 642. The van der Waals surface area contributed by atoms with Gasteiger partial charge in [0.1, 0.15) is 5.76 Å². The van der Waals surface area contributed by atoms with E-state index < -0.39 is 0 Å². The molecule has 1 aliphatic heterocycles. The lowest BCUT2D eigenvalue weighted by Crippen LogP contribution is -2.33. The van der Waals surface area contributed by atoms with Gasteiger partial charge in [0.05, 0.1) is 6.61 Å². The van der Waals surface area contributed by atoms with E-state index in [4.69, 9.17) is 4.74 Å². The maximum atomic E-state index is 6.05. The molecule has 1 saturated heterocycles. The molecule has 2 nitrogen and oxygen atoms in total. The number of likely N-dealkylation sites (tertiary alicyclic amines) is 1. The van der Waals surface area contributed by atoms with Crippen LogP contribution in [0.4, 0.5) is 0 Å². The Balaban J connectivity index is 1.38. The Labute approximate surface area is 152 Å². The number of hydrogen-bond acceptors (Lipinski definition) is 2. The maximum Gasteiger partial charge on any atom is 0.122 e. The van der Waals surface area contributed by atoms with Crippen LogP contribution in [0, 0.1) is 5.92 Å². The molecule has 132 valence electrons. The number of rotatable bonds is 7. The van der Waals surface area contributed by atoms with E-state index in [-0.39, 0.29) is 0 Å². The minimum Gasteiger partial charge on any atom is -0.493 e. The van der Waals surface area contributed by atoms with Crippen molar-refractivity contribution >= 4 is 5.76 Å². The monoisotopic (exact) mass is 335 g/mol. The zero-order valence-corrected chi connectivity index (χ0v) is 15.2. The Morgan fingerprint density at radius 1 is 1.00 bits per heavy atom. The van der Waals surface area contributed by atoms with Gasteiger partial charge in [-0.15, -0.1) is 0 Å². The second kappa shape index (κ2) is 9.43. The number of nitrogens with zero attached hydrogens (tertiary/aromatic N) is 1. The second-order valence-electron chi connectivity index (χ2n) is 6.86. The third-order valence-corrected chi connectivity index (χ3v) is 5.06. The molecule has 0 radical (unpaired) electrons. The van der Waals surface area contributed by atoms with Crippen molar-refractivity contribution in [1.82, 2.24) is 4.90 Å². The summed E-state index contributed by atoms with van der Waals surface area (Å²) in [6.45, 7) is 6.35. The van der Waals surface area contributed by atoms with Gasteiger partial charge in [0.2, 0.25) is 0 Å². The van der Waals surface area contributed by atoms with Gasteiger partial charge in [-0.2, -0.15) is 0 Å². The van der Waals surface area contributed by atoms with Crippen molar-refractivity contribution in [2.75, 3.05) is 19.7 Å². The second-order valence-corrected chi connectivity index (χ2v) is 6.86. The SMILES string of the molecule is C/C=C(/OCCC1CCN(Cc2ccccc2)CC1)c1ccccc1. The maximum absolute atomic E-state index is 6.05. The van der Waals surface area contributed by atoms with E-state index in [2.05, 4.69) is 65.6 Å². The van der Waals surface area contributed by atoms with Gasteiger partial charge in [-0.1, -0.05) is 60.7 Å². The molecule has 0 spiro atoms. The number of ether oxygens (including phenoxy) is 1. The average molecular weight is 335 g/mol. The van der Waals surface area contributed by atoms with E-state index in [9.17, 15) is 0 Å². The van der Waals surface area contributed by atoms with E-state index in [0.29, 0.717) is 0 Å². The molecule has 0 bridgehead atoms. The van der Waals surface area contributed by atoms with Gasteiger partial charge in [-0.3, -0.25) is 4.90 Å². The molecular weight excluding hydrogens is 306 g/mol. The number of piperidine rings is 1. The molecule has 2 aromatic rings. The van der Waals surface area contributed by atoms with E-state index in [0.717, 1.165) is 31.2 Å². The van der Waals surface area contributed by atoms with Crippen LogP contribution in [0.15, 0.2) is 66.7 Å². The van der Waals surface area contributed by atoms with E-state index in [1.54, 1.807) is 0 Å². The van der Waals surface area contributed by atoms with Crippen molar-refractivity contribution < 1.29 is 4.74 Å². The van der Waals surface area contributed by atoms with Gasteiger partial charge in [-0.05, 0) is 56.8 Å². The molecule has 0 aliphatic carbocycles.